The van der Waals surface area contributed by atoms with Crippen LogP contribution in [0.1, 0.15) is 27.7 Å². The van der Waals surface area contributed by atoms with Crippen LogP contribution >= 0.6 is 0 Å². The van der Waals surface area contributed by atoms with E-state index in [1.807, 2.05) is 19.1 Å². The Morgan fingerprint density at radius 3 is 1.93 bits per heavy atom. The Hall–Kier alpha value is -0.451. The Kier molecular flexibility index (Phi) is 6.88. The molecule has 2 bridgehead atoms. The molecule has 4 atom stereocenters. The summed E-state index contributed by atoms with van der Waals surface area (Å²) in [6.07, 6.45) is -1.31. The molecule has 0 aliphatic carbocycles. The largest absolute Gasteiger partial charge is 0.539 e. The number of hydrogen-bond donors (Lipinski definition) is 1. The van der Waals surface area contributed by atoms with Crippen LogP contribution in [0, 0.1) is 37.7 Å². The minimum Gasteiger partial charge on any atom is -0.539 e. The monoisotopic (exact) mass is 635 g/mol. The molecule has 29 heavy (non-hydrogen) atoms. The summed E-state index contributed by atoms with van der Waals surface area (Å²) in [6, 6.07) is 21.0. The molecule has 2 aliphatic rings. The predicted octanol–water partition coefficient (Wildman–Crippen LogP) is 2.64. The minimum atomic E-state index is -2.68. The molecule has 2 heterocycles. The molecule has 0 amide bonds. The SMILES string of the molecule is C[C@H]1O[C@H]2[CH-]O[C@]1(CO[Si](c1ccccc1)(c1ccccc1)C(C)(C)C)[C@H]2O.[U]. The van der Waals surface area contributed by atoms with E-state index < -0.39 is 20.0 Å². The van der Waals surface area contributed by atoms with Crippen molar-refractivity contribution in [1.29, 1.82) is 0 Å². The third kappa shape index (κ3) is 3.72. The quantitative estimate of drug-likeness (QED) is 0.406. The van der Waals surface area contributed by atoms with Crippen molar-refractivity contribution in [3.63, 3.8) is 0 Å². The Morgan fingerprint density at radius 1 is 1.03 bits per heavy atom. The molecular formula is C23H29O4SiU-. The van der Waals surface area contributed by atoms with Gasteiger partial charge in [0.2, 0.25) is 0 Å². The second kappa shape index (κ2) is 8.59. The van der Waals surface area contributed by atoms with Gasteiger partial charge < -0.3 is 19.0 Å². The maximum absolute atomic E-state index is 10.7. The van der Waals surface area contributed by atoms with Crippen molar-refractivity contribution in [2.45, 2.75) is 56.6 Å². The second-order valence-corrected chi connectivity index (χ2v) is 13.2. The van der Waals surface area contributed by atoms with Gasteiger partial charge in [0.1, 0.15) is 5.60 Å². The van der Waals surface area contributed by atoms with E-state index in [2.05, 4.69) is 69.3 Å². The van der Waals surface area contributed by atoms with Crippen molar-refractivity contribution < 1.29 is 50.1 Å². The van der Waals surface area contributed by atoms with E-state index in [0.717, 1.165) is 0 Å². The fraction of sp³-hybridized carbons (Fsp3) is 0.435. The van der Waals surface area contributed by atoms with Crippen molar-refractivity contribution in [1.82, 2.24) is 0 Å². The number of aliphatic hydroxyl groups is 1. The molecule has 2 aromatic carbocycles. The molecule has 154 valence electrons. The third-order valence-corrected chi connectivity index (χ3v) is 11.2. The van der Waals surface area contributed by atoms with Gasteiger partial charge in [0.15, 0.2) is 0 Å². The molecule has 0 radical (unpaired) electrons. The first kappa shape index (κ1) is 23.2. The third-order valence-electron chi connectivity index (χ3n) is 6.21. The van der Waals surface area contributed by atoms with Gasteiger partial charge in [-0.15, -0.1) is 0 Å². The summed E-state index contributed by atoms with van der Waals surface area (Å²) in [7, 11) is -2.68. The zero-order valence-corrected chi connectivity index (χ0v) is 22.6. The van der Waals surface area contributed by atoms with Crippen LogP contribution in [0.5, 0.6) is 0 Å². The van der Waals surface area contributed by atoms with Gasteiger partial charge in [0, 0.05) is 31.1 Å². The van der Waals surface area contributed by atoms with Gasteiger partial charge in [-0.1, -0.05) is 81.4 Å². The van der Waals surface area contributed by atoms with Crippen LogP contribution < -0.4 is 10.4 Å². The molecule has 0 spiro atoms. The average molecular weight is 636 g/mol. The maximum Gasteiger partial charge on any atom is 0.261 e. The number of fused-ring (bicyclic) bond motifs is 2. The van der Waals surface area contributed by atoms with Crippen LogP contribution in [-0.2, 0) is 13.9 Å². The minimum absolute atomic E-state index is 0. The van der Waals surface area contributed by atoms with Crippen molar-refractivity contribution in [3.8, 4) is 0 Å². The molecule has 4 rings (SSSR count). The maximum atomic E-state index is 10.7. The fourth-order valence-corrected chi connectivity index (χ4v) is 9.23. The number of hydrogen-bond acceptors (Lipinski definition) is 4. The number of benzene rings is 2. The average Bonchev–Trinajstić information content (AvgIpc) is 3.11. The summed E-state index contributed by atoms with van der Waals surface area (Å²) in [6.45, 7) is 10.6. The molecule has 2 aromatic rings. The van der Waals surface area contributed by atoms with Crippen LogP contribution in [-0.4, -0.2) is 43.9 Å². The number of rotatable bonds is 5. The smallest absolute Gasteiger partial charge is 0.261 e. The van der Waals surface area contributed by atoms with Gasteiger partial charge in [-0.2, -0.15) is 6.61 Å². The van der Waals surface area contributed by atoms with E-state index in [1.54, 1.807) is 6.61 Å². The van der Waals surface area contributed by atoms with Crippen LogP contribution in [0.3, 0.4) is 0 Å². The molecule has 2 saturated heterocycles. The second-order valence-electron chi connectivity index (χ2n) is 8.85. The summed E-state index contributed by atoms with van der Waals surface area (Å²) in [5.74, 6) is 0. The molecule has 6 heteroatoms. The van der Waals surface area contributed by atoms with Gasteiger partial charge >= 0.3 is 0 Å². The molecule has 0 unspecified atom stereocenters. The van der Waals surface area contributed by atoms with E-state index in [9.17, 15) is 5.11 Å². The summed E-state index contributed by atoms with van der Waals surface area (Å²) in [5, 5.41) is 13.0. The van der Waals surface area contributed by atoms with E-state index in [1.165, 1.54) is 10.4 Å². The van der Waals surface area contributed by atoms with Gasteiger partial charge in [-0.3, -0.25) is 0 Å². The van der Waals surface area contributed by atoms with Crippen LogP contribution in [0.2, 0.25) is 5.04 Å². The summed E-state index contributed by atoms with van der Waals surface area (Å²) in [4.78, 5) is 0. The summed E-state index contributed by atoms with van der Waals surface area (Å²) >= 11 is 0. The Bertz CT molecular complexity index is 771. The molecule has 4 nitrogen and oxygen atoms in total. The van der Waals surface area contributed by atoms with Gasteiger partial charge in [0.25, 0.3) is 8.32 Å². The van der Waals surface area contributed by atoms with Crippen molar-refractivity contribution in [2.75, 3.05) is 6.61 Å². The van der Waals surface area contributed by atoms with E-state index in [-0.39, 0.29) is 55.0 Å². The predicted molar refractivity (Wildman–Crippen MR) is 112 cm³/mol. The fourth-order valence-electron chi connectivity index (χ4n) is 4.63. The zero-order chi connectivity index (χ0) is 20.0. The van der Waals surface area contributed by atoms with Crippen molar-refractivity contribution >= 4 is 18.7 Å². The standard InChI is InChI=1S/C23H29O4Si.U/c1-17-23(21(24)20(27-17)15-25-23)16-26-28(22(2,3)4,18-11-7-5-8-12-18)19-13-9-6-10-14-19;/h5-15,17,20-21,24H,16H2,1-4H3;/q-1;/t17-,20+,21+,23+;/m1./s1. The van der Waals surface area contributed by atoms with Gasteiger partial charge in [-0.05, 0) is 28.4 Å². The first-order valence-corrected chi connectivity index (χ1v) is 11.8. The summed E-state index contributed by atoms with van der Waals surface area (Å²) < 4.78 is 18.7. The topological polar surface area (TPSA) is 47.9 Å². The molecule has 1 N–H and O–H groups in total. The Labute approximate surface area is 198 Å². The van der Waals surface area contributed by atoms with Gasteiger partial charge in [0.05, 0.1) is 18.8 Å². The molecule has 0 saturated carbocycles. The van der Waals surface area contributed by atoms with Gasteiger partial charge in [-0.25, -0.2) is 0 Å². The first-order valence-electron chi connectivity index (χ1n) is 9.91. The molecule has 0 aromatic heterocycles. The Morgan fingerprint density at radius 2 is 1.55 bits per heavy atom. The van der Waals surface area contributed by atoms with Crippen molar-refractivity contribution in [3.05, 3.63) is 67.3 Å². The van der Waals surface area contributed by atoms with Crippen LogP contribution in [0.25, 0.3) is 0 Å². The molecular weight excluding hydrogens is 606 g/mol. The molecule has 2 aliphatic heterocycles. The van der Waals surface area contributed by atoms with Crippen LogP contribution in [0.4, 0.5) is 0 Å². The number of aliphatic hydroxyl groups excluding tert-OH is 1. The van der Waals surface area contributed by atoms with Crippen LogP contribution in [0.15, 0.2) is 60.7 Å². The van der Waals surface area contributed by atoms with E-state index in [4.69, 9.17) is 13.9 Å². The first-order chi connectivity index (χ1) is 13.3. The van der Waals surface area contributed by atoms with E-state index >= 15 is 0 Å². The summed E-state index contributed by atoms with van der Waals surface area (Å²) in [5.41, 5.74) is -0.849. The Balaban J connectivity index is 0.00000240. The zero-order valence-electron chi connectivity index (χ0n) is 17.5. The normalized spacial score (nSPS) is 28.9. The van der Waals surface area contributed by atoms with Crippen molar-refractivity contribution in [2.24, 2.45) is 0 Å². The van der Waals surface area contributed by atoms with E-state index in [0.29, 0.717) is 0 Å². The number of ether oxygens (including phenoxy) is 2. The molecule has 2 fully saturated rings.